The molecule has 0 aromatic heterocycles. The quantitative estimate of drug-likeness (QED) is 0.344. The van der Waals surface area contributed by atoms with Crippen molar-refractivity contribution in [1.29, 1.82) is 0 Å². The molecule has 8 nitrogen and oxygen atoms in total. The Balaban J connectivity index is 2.16. The highest BCUT2D eigenvalue weighted by molar-refractivity contribution is 6.12. The molecule has 8 heteroatoms. The lowest BCUT2D eigenvalue weighted by Crippen LogP contribution is -2.32. The fraction of sp³-hybridized carbons (Fsp3) is 0.500. The highest BCUT2D eigenvalue weighted by atomic mass is 16.7. The number of rotatable bonds is 8. The number of hydrogen-bond acceptors (Lipinski definition) is 7. The van der Waals surface area contributed by atoms with E-state index in [1.54, 1.807) is 0 Å². The van der Waals surface area contributed by atoms with Crippen LogP contribution in [0.3, 0.4) is 0 Å². The summed E-state index contributed by atoms with van der Waals surface area (Å²) in [7, 11) is 1.49. The number of hydrogen-bond donors (Lipinski definition) is 0. The lowest BCUT2D eigenvalue weighted by atomic mass is 10.2. The first-order valence-corrected chi connectivity index (χ1v) is 5.96. The molecule has 1 heterocycles. The molecule has 0 saturated carbocycles. The van der Waals surface area contributed by atoms with Crippen molar-refractivity contribution in [3.63, 3.8) is 0 Å². The predicted octanol–water partition coefficient (Wildman–Crippen LogP) is -0.270. The zero-order valence-electron chi connectivity index (χ0n) is 11.0. The van der Waals surface area contributed by atoms with Crippen LogP contribution in [-0.2, 0) is 33.5 Å². The molecular formula is C12H15NO7. The van der Waals surface area contributed by atoms with Gasteiger partial charge in [0.15, 0.2) is 0 Å². The van der Waals surface area contributed by atoms with Crippen LogP contribution >= 0.6 is 0 Å². The first kappa shape index (κ1) is 15.8. The predicted molar refractivity (Wildman–Crippen MR) is 63.8 cm³/mol. The van der Waals surface area contributed by atoms with Crippen molar-refractivity contribution >= 4 is 23.8 Å². The van der Waals surface area contributed by atoms with Crippen LogP contribution in [0.15, 0.2) is 12.2 Å². The smallest absolute Gasteiger partial charge is 0.333 e. The maximum Gasteiger partial charge on any atom is 0.333 e. The molecule has 110 valence electrons. The van der Waals surface area contributed by atoms with E-state index in [1.165, 1.54) is 7.11 Å². The van der Waals surface area contributed by atoms with Crippen molar-refractivity contribution in [2.24, 2.45) is 0 Å². The summed E-state index contributed by atoms with van der Waals surface area (Å²) in [4.78, 5) is 49.3. The number of carbonyl (C=O) groups is 4. The third-order valence-electron chi connectivity index (χ3n) is 2.27. The average Bonchev–Trinajstić information content (AvgIpc) is 2.71. The molecule has 2 amide bonds. The standard InChI is InChI=1S/C12H15NO7/c1-18-7-8-19-11(16)3-2-4-12(17)20-13-9(14)5-6-10(13)15/h5-6H,2-4,7-8H2,1H3. The molecule has 20 heavy (non-hydrogen) atoms. The Morgan fingerprint density at radius 1 is 1.05 bits per heavy atom. The number of amides is 2. The number of carbonyl (C=O) groups excluding carboxylic acids is 4. The van der Waals surface area contributed by atoms with E-state index in [0.717, 1.165) is 12.2 Å². The summed E-state index contributed by atoms with van der Waals surface area (Å²) in [6, 6.07) is 0. The number of hydroxylamine groups is 2. The number of methoxy groups -OCH3 is 1. The van der Waals surface area contributed by atoms with E-state index in [9.17, 15) is 19.2 Å². The van der Waals surface area contributed by atoms with Gasteiger partial charge in [-0.25, -0.2) is 4.79 Å². The van der Waals surface area contributed by atoms with Gasteiger partial charge in [0.2, 0.25) is 0 Å². The van der Waals surface area contributed by atoms with Gasteiger partial charge in [-0.1, -0.05) is 5.06 Å². The van der Waals surface area contributed by atoms with Crippen LogP contribution in [0.4, 0.5) is 0 Å². The van der Waals surface area contributed by atoms with Crippen molar-refractivity contribution in [1.82, 2.24) is 5.06 Å². The molecular weight excluding hydrogens is 270 g/mol. The van der Waals surface area contributed by atoms with Gasteiger partial charge in [-0.3, -0.25) is 14.4 Å². The van der Waals surface area contributed by atoms with Gasteiger partial charge in [-0.2, -0.15) is 0 Å². The summed E-state index contributed by atoms with van der Waals surface area (Å²) in [5.41, 5.74) is 0. The van der Waals surface area contributed by atoms with E-state index in [1.807, 2.05) is 0 Å². The lowest BCUT2D eigenvalue weighted by molar-refractivity contribution is -0.196. The van der Waals surface area contributed by atoms with Gasteiger partial charge in [0, 0.05) is 32.1 Å². The summed E-state index contributed by atoms with van der Waals surface area (Å²) in [6.45, 7) is 0.461. The van der Waals surface area contributed by atoms with Gasteiger partial charge >= 0.3 is 11.9 Å². The lowest BCUT2D eigenvalue weighted by Gasteiger charge is -2.12. The highest BCUT2D eigenvalue weighted by Crippen LogP contribution is 2.07. The SMILES string of the molecule is COCCOC(=O)CCCC(=O)ON1C(=O)C=CC1=O. The molecule has 0 spiro atoms. The highest BCUT2D eigenvalue weighted by Gasteiger charge is 2.27. The van der Waals surface area contributed by atoms with E-state index < -0.39 is 23.8 Å². The van der Waals surface area contributed by atoms with E-state index in [0.29, 0.717) is 11.7 Å². The van der Waals surface area contributed by atoms with Crippen LogP contribution < -0.4 is 0 Å². The summed E-state index contributed by atoms with van der Waals surface area (Å²) in [6.07, 6.45) is 2.15. The van der Waals surface area contributed by atoms with E-state index in [4.69, 9.17) is 9.47 Å². The third kappa shape index (κ3) is 5.19. The first-order valence-electron chi connectivity index (χ1n) is 5.96. The molecule has 0 aromatic rings. The fourth-order valence-corrected chi connectivity index (χ4v) is 1.31. The zero-order chi connectivity index (χ0) is 15.0. The second-order valence-corrected chi connectivity index (χ2v) is 3.83. The Morgan fingerprint density at radius 2 is 1.65 bits per heavy atom. The van der Waals surface area contributed by atoms with Gasteiger partial charge in [0.25, 0.3) is 11.8 Å². The minimum Gasteiger partial charge on any atom is -0.463 e. The Labute approximate surface area is 115 Å². The molecule has 1 aliphatic heterocycles. The fourth-order valence-electron chi connectivity index (χ4n) is 1.31. The third-order valence-corrected chi connectivity index (χ3v) is 2.27. The first-order chi connectivity index (χ1) is 9.54. The number of imide groups is 1. The summed E-state index contributed by atoms with van der Waals surface area (Å²) >= 11 is 0. The van der Waals surface area contributed by atoms with Crippen LogP contribution in [-0.4, -0.2) is 49.1 Å². The van der Waals surface area contributed by atoms with E-state index in [2.05, 4.69) is 4.84 Å². The van der Waals surface area contributed by atoms with Crippen LogP contribution in [0.2, 0.25) is 0 Å². The summed E-state index contributed by atoms with van der Waals surface area (Å²) in [5, 5.41) is 0.374. The van der Waals surface area contributed by atoms with Gasteiger partial charge in [-0.15, -0.1) is 0 Å². The van der Waals surface area contributed by atoms with Crippen molar-refractivity contribution in [3.8, 4) is 0 Å². The van der Waals surface area contributed by atoms with Gasteiger partial charge in [-0.05, 0) is 6.42 Å². The van der Waals surface area contributed by atoms with E-state index in [-0.39, 0.29) is 25.9 Å². The maximum absolute atomic E-state index is 11.4. The molecule has 0 atom stereocenters. The molecule has 1 aliphatic rings. The van der Waals surface area contributed by atoms with Crippen molar-refractivity contribution in [3.05, 3.63) is 12.2 Å². The Hall–Kier alpha value is -2.22. The number of nitrogens with zero attached hydrogens (tertiary/aromatic N) is 1. The topological polar surface area (TPSA) is 99.2 Å². The normalized spacial score (nSPS) is 13.8. The number of esters is 1. The summed E-state index contributed by atoms with van der Waals surface area (Å²) in [5.74, 6) is -2.63. The molecule has 0 unspecified atom stereocenters. The summed E-state index contributed by atoms with van der Waals surface area (Å²) < 4.78 is 9.49. The molecule has 0 aliphatic carbocycles. The van der Waals surface area contributed by atoms with Gasteiger partial charge < -0.3 is 14.3 Å². The second kappa shape index (κ2) is 8.05. The monoisotopic (exact) mass is 285 g/mol. The molecule has 0 N–H and O–H groups in total. The van der Waals surface area contributed by atoms with Crippen LogP contribution in [0.1, 0.15) is 19.3 Å². The Kier molecular flexibility index (Phi) is 6.38. The molecule has 0 fully saturated rings. The van der Waals surface area contributed by atoms with Gasteiger partial charge in [0.1, 0.15) is 6.61 Å². The van der Waals surface area contributed by atoms with Crippen molar-refractivity contribution in [2.75, 3.05) is 20.3 Å². The van der Waals surface area contributed by atoms with Crippen LogP contribution in [0.25, 0.3) is 0 Å². The largest absolute Gasteiger partial charge is 0.463 e. The van der Waals surface area contributed by atoms with Crippen LogP contribution in [0.5, 0.6) is 0 Å². The molecule has 0 radical (unpaired) electrons. The molecule has 0 bridgehead atoms. The second-order valence-electron chi connectivity index (χ2n) is 3.83. The minimum absolute atomic E-state index is 0.0406. The van der Waals surface area contributed by atoms with Gasteiger partial charge in [0.05, 0.1) is 6.61 Å². The van der Waals surface area contributed by atoms with E-state index >= 15 is 0 Å². The Bertz CT molecular complexity index is 412. The zero-order valence-corrected chi connectivity index (χ0v) is 11.0. The molecule has 0 aromatic carbocycles. The van der Waals surface area contributed by atoms with Crippen molar-refractivity contribution in [2.45, 2.75) is 19.3 Å². The number of ether oxygens (including phenoxy) is 2. The average molecular weight is 285 g/mol. The minimum atomic E-state index is -0.764. The van der Waals surface area contributed by atoms with Crippen molar-refractivity contribution < 1.29 is 33.5 Å². The molecule has 0 saturated heterocycles. The maximum atomic E-state index is 11.4. The Morgan fingerprint density at radius 3 is 2.25 bits per heavy atom. The molecule has 1 rings (SSSR count). The van der Waals surface area contributed by atoms with Crippen LogP contribution in [0, 0.1) is 0 Å².